The predicted octanol–water partition coefficient (Wildman–Crippen LogP) is 12.3. The number of anilines is 3. The summed E-state index contributed by atoms with van der Waals surface area (Å²) in [6.45, 7) is 6.89. The number of nitrogen functional groups attached to an aromatic ring is 3. The number of thiazole rings is 1. The van der Waals surface area contributed by atoms with Crippen LogP contribution in [0.2, 0.25) is 0 Å². The van der Waals surface area contributed by atoms with Crippen LogP contribution >= 0.6 is 11.3 Å². The molecule has 3 amide bonds. The number of pyridine rings is 2. The van der Waals surface area contributed by atoms with Gasteiger partial charge in [0.15, 0.2) is 17.3 Å². The number of hydrogen-bond donors (Lipinski definition) is 6. The highest BCUT2D eigenvalue weighted by atomic mass is 32.1. The summed E-state index contributed by atoms with van der Waals surface area (Å²) in [5.74, 6) is 16.9. The number of ketones is 3. The molecule has 12 aromatic rings. The number of aromatic nitrogens is 12. The Morgan fingerprint density at radius 1 is 0.440 bits per heavy atom. The van der Waals surface area contributed by atoms with Crippen molar-refractivity contribution in [2.24, 2.45) is 0 Å². The minimum absolute atomic E-state index is 0.0278. The van der Waals surface area contributed by atoms with E-state index >= 15 is 8.78 Å². The van der Waals surface area contributed by atoms with Gasteiger partial charge in [-0.2, -0.15) is 0 Å². The zero-order valence-corrected chi connectivity index (χ0v) is 65.2. The van der Waals surface area contributed by atoms with E-state index in [0.717, 1.165) is 141 Å². The molecule has 24 nitrogen and oxygen atoms in total. The number of hydrogen-bond acceptors (Lipinski definition) is 19. The first-order valence-electron chi connectivity index (χ1n) is 38.6. The first-order chi connectivity index (χ1) is 56.0. The van der Waals surface area contributed by atoms with Crippen LogP contribution in [0.15, 0.2) is 152 Å². The van der Waals surface area contributed by atoms with Gasteiger partial charge in [-0.3, -0.25) is 51.9 Å². The van der Waals surface area contributed by atoms with E-state index in [-0.39, 0.29) is 121 Å². The normalized spacial score (nSPS) is 21.6. The molecule has 0 atom stereocenters. The highest BCUT2D eigenvalue weighted by Crippen LogP contribution is 2.61. The third-order valence-electron chi connectivity index (χ3n) is 24.3. The Labute approximate surface area is 670 Å². The molecule has 0 spiro atoms. The van der Waals surface area contributed by atoms with E-state index in [9.17, 15) is 28.8 Å². The lowest BCUT2D eigenvalue weighted by Crippen LogP contribution is -2.44. The molecule has 6 bridgehead atoms. The average Bonchev–Trinajstić information content (AvgIpc) is 1.56. The van der Waals surface area contributed by atoms with Gasteiger partial charge in [0, 0.05) is 139 Å². The second-order valence-corrected chi connectivity index (χ2v) is 32.5. The number of fused-ring (bicyclic) bond motifs is 9. The second-order valence-electron chi connectivity index (χ2n) is 31.5. The van der Waals surface area contributed by atoms with Gasteiger partial charge in [-0.1, -0.05) is 60.2 Å². The Morgan fingerprint density at radius 3 is 1.24 bits per heavy atom. The minimum atomic E-state index is -0.563. The van der Waals surface area contributed by atoms with Gasteiger partial charge in [-0.25, -0.2) is 43.7 Å². The molecule has 0 radical (unpaired) electrons. The van der Waals surface area contributed by atoms with Gasteiger partial charge in [0.1, 0.15) is 85.2 Å². The number of carbonyl (C=O) groups excluding carboxylic acids is 6. The number of nitrogens with two attached hydrogens (primary N) is 3. The van der Waals surface area contributed by atoms with E-state index in [1.807, 2.05) is 69.8 Å². The molecule has 584 valence electrons. The Kier molecular flexibility index (Phi) is 20.3. The molecule has 18 rings (SSSR count). The van der Waals surface area contributed by atoms with Crippen LogP contribution in [0, 0.1) is 54.1 Å². The molecule has 116 heavy (non-hydrogen) atoms. The van der Waals surface area contributed by atoms with Crippen LogP contribution < -0.4 is 33.2 Å². The second kappa shape index (κ2) is 30.6. The van der Waals surface area contributed by atoms with Crippen molar-refractivity contribution in [3.8, 4) is 69.3 Å². The monoisotopic (exact) mass is 1570 g/mol. The molecule has 0 saturated heterocycles. The van der Waals surface area contributed by atoms with Crippen LogP contribution in [-0.4, -0.2) is 110 Å². The lowest BCUT2D eigenvalue weighted by Gasteiger charge is -2.27. The van der Waals surface area contributed by atoms with Crippen molar-refractivity contribution in [1.29, 1.82) is 0 Å². The Hall–Kier alpha value is -13.2. The molecule has 9 heterocycles. The number of benzene rings is 3. The smallest absolute Gasteiger partial charge is 0.296 e. The van der Waals surface area contributed by atoms with Crippen molar-refractivity contribution < 1.29 is 37.5 Å². The fourth-order valence-electron chi connectivity index (χ4n) is 19.0. The van der Waals surface area contributed by atoms with Gasteiger partial charge in [-0.05, 0) is 196 Å². The maximum absolute atomic E-state index is 15.7. The summed E-state index contributed by atoms with van der Waals surface area (Å²) in [6.07, 6.45) is 28.4. The topological polar surface area (TPSA) is 346 Å². The highest BCUT2D eigenvalue weighted by molar-refractivity contribution is 7.09. The summed E-state index contributed by atoms with van der Waals surface area (Å²) < 4.78 is 37.2. The molecule has 27 heteroatoms. The number of halogens is 2. The van der Waals surface area contributed by atoms with Crippen molar-refractivity contribution in [2.75, 3.05) is 17.2 Å². The van der Waals surface area contributed by atoms with Crippen molar-refractivity contribution in [3.05, 3.63) is 220 Å². The van der Waals surface area contributed by atoms with E-state index in [4.69, 9.17) is 32.2 Å². The van der Waals surface area contributed by atoms with Crippen molar-refractivity contribution in [2.45, 2.75) is 176 Å². The number of carbonyl (C=O) groups is 6. The third-order valence-corrected chi connectivity index (χ3v) is 25.1. The molecule has 3 aromatic carbocycles. The van der Waals surface area contributed by atoms with E-state index in [2.05, 4.69) is 85.8 Å². The minimum Gasteiger partial charge on any atom is -0.382 e. The van der Waals surface area contributed by atoms with Crippen molar-refractivity contribution >= 4 is 80.4 Å². The number of rotatable bonds is 18. The standard InChI is InChI=1S/C31H29FN6O2.C30H27FN6O2.C28H26N6O2S/c1-3-4-25(40)37-31-10-8-30(18-31,9-11-31)29-36-26(27-28(33)35-13-14-38(27)29)22-6-5-20(16-23(22)32)24(39)17-21-15-19(2)7-12-34-21;1-2-5-24(39)36-30-11-9-29(18-30,10-12-30)28-35-25(26-27(32)34-14-15-37(26)28)21-8-7-19(16-22(21)31)23(38)17-20-6-3-4-13-33-20;1-2-3-21(36)33-28-10-8-27(17-28,9-11-28)26-32-23(24-25(29)31-12-14-34(24)26)19-6-4-18(5-7-19)20(35)16-22-30-13-15-37-22/h5-7,12-16H,8-11,17-18H2,1-2H3,(H2,33,35)(H,37,40);3-4,6-8,13-16H,9-12,17-18H2,1H3,(H2,32,34)(H,36,39);4-7,12-15H,8-11,16-17H2,1H3,(H2,29,31)(H,33,36). The van der Waals surface area contributed by atoms with Crippen LogP contribution in [0.4, 0.5) is 26.2 Å². The summed E-state index contributed by atoms with van der Waals surface area (Å²) in [6, 6.07) is 25.5. The number of nitrogens with zero attached hydrogens (tertiary/aromatic N) is 12. The van der Waals surface area contributed by atoms with E-state index in [0.29, 0.717) is 45.2 Å². The van der Waals surface area contributed by atoms with Crippen LogP contribution in [0.1, 0.15) is 188 Å². The van der Waals surface area contributed by atoms with Crippen LogP contribution in [0.5, 0.6) is 0 Å². The molecular weight excluding hydrogens is 1490 g/mol. The molecule has 6 aliphatic rings. The van der Waals surface area contributed by atoms with Gasteiger partial charge >= 0.3 is 0 Å². The van der Waals surface area contributed by atoms with Crippen LogP contribution in [0.25, 0.3) is 50.3 Å². The quantitative estimate of drug-likeness (QED) is 0.0343. The summed E-state index contributed by atoms with van der Waals surface area (Å²) in [4.78, 5) is 116. The maximum atomic E-state index is 15.7. The van der Waals surface area contributed by atoms with E-state index < -0.39 is 11.6 Å². The molecule has 0 aliphatic heterocycles. The Bertz CT molecular complexity index is 6170. The number of aryl methyl sites for hydroxylation is 1. The van der Waals surface area contributed by atoms with Crippen LogP contribution in [-0.2, 0) is 49.9 Å². The SMILES string of the molecule is CC#CC(=O)NC12CCC(c3nc(-c4ccc(C(=O)Cc5cc(C)ccn5)cc4F)c4c(N)nccn34)(CC1)C2.CC#CC(=O)NC12CCC(c3nc(-c4ccc(C(=O)Cc5ccccn5)cc4F)c4c(N)nccn34)(CC1)C2.CC#CC(=O)NC12CCC(c3nc(-c4ccc(C(=O)Cc5nccs5)cc4)c4c(N)nccn34)(CC1)C2. The first kappa shape index (κ1) is 76.8. The summed E-state index contributed by atoms with van der Waals surface area (Å²) in [5, 5.41) is 12.1. The molecular formula is C89H82F2N18O6S. The van der Waals surface area contributed by atoms with E-state index in [1.165, 1.54) is 23.5 Å². The summed E-state index contributed by atoms with van der Waals surface area (Å²) in [5.41, 5.74) is 25.5. The fraction of sp³-hybridized carbons (Fsp3) is 0.315. The molecule has 9 aromatic heterocycles. The lowest BCUT2D eigenvalue weighted by molar-refractivity contribution is -0.118. The number of nitrogens with one attached hydrogen (secondary N) is 3. The van der Waals surface area contributed by atoms with Crippen molar-refractivity contribution in [1.82, 2.24) is 74.0 Å². The van der Waals surface area contributed by atoms with E-state index in [1.54, 1.807) is 107 Å². The molecule has 0 unspecified atom stereocenters. The number of amides is 3. The molecule has 9 N–H and O–H groups in total. The van der Waals surface area contributed by atoms with Gasteiger partial charge < -0.3 is 33.2 Å². The van der Waals surface area contributed by atoms with Gasteiger partial charge in [0.25, 0.3) is 17.7 Å². The summed E-state index contributed by atoms with van der Waals surface area (Å²) in [7, 11) is 0. The lowest BCUT2D eigenvalue weighted by atomic mass is 9.83. The van der Waals surface area contributed by atoms with Gasteiger partial charge in [0.05, 0.1) is 19.3 Å². The molecule has 6 saturated carbocycles. The average molecular weight is 1570 g/mol. The zero-order chi connectivity index (χ0) is 80.9. The van der Waals surface area contributed by atoms with Crippen LogP contribution in [0.3, 0.4) is 0 Å². The fourth-order valence-corrected chi connectivity index (χ4v) is 19.6. The largest absolute Gasteiger partial charge is 0.382 e. The van der Waals surface area contributed by atoms with Gasteiger partial charge in [0.2, 0.25) is 0 Å². The maximum Gasteiger partial charge on any atom is 0.296 e. The number of imidazole rings is 3. The zero-order valence-electron chi connectivity index (χ0n) is 64.4. The Morgan fingerprint density at radius 2 is 0.845 bits per heavy atom. The first-order valence-corrected chi connectivity index (χ1v) is 39.5. The van der Waals surface area contributed by atoms with Gasteiger partial charge in [-0.15, -0.1) is 11.3 Å². The van der Waals surface area contributed by atoms with Crippen molar-refractivity contribution in [3.63, 3.8) is 0 Å². The summed E-state index contributed by atoms with van der Waals surface area (Å²) >= 11 is 1.48. The molecule has 6 fully saturated rings. The molecule has 6 aliphatic carbocycles. The predicted molar refractivity (Wildman–Crippen MR) is 435 cm³/mol. The number of Topliss-reactive ketones (excluding diaryl/α,β-unsaturated/α-hetero) is 3. The Balaban J connectivity index is 0.000000131. The third kappa shape index (κ3) is 14.4. The highest BCUT2D eigenvalue weighted by Gasteiger charge is 2.60.